The molecular formula is C17H25N3O3. The summed E-state index contributed by atoms with van der Waals surface area (Å²) in [6.45, 7) is 7.96. The lowest BCUT2D eigenvalue weighted by Gasteiger charge is -2.41. The fourth-order valence-electron chi connectivity index (χ4n) is 3.61. The number of piperidine rings is 1. The minimum Gasteiger partial charge on any atom is -0.477 e. The fourth-order valence-corrected chi connectivity index (χ4v) is 3.61. The molecule has 0 saturated carbocycles. The van der Waals surface area contributed by atoms with E-state index in [4.69, 9.17) is 9.84 Å². The van der Waals surface area contributed by atoms with E-state index in [9.17, 15) is 4.79 Å². The molecule has 1 unspecified atom stereocenters. The first-order valence-electron chi connectivity index (χ1n) is 8.42. The Morgan fingerprint density at radius 1 is 1.26 bits per heavy atom. The fraction of sp³-hybridized carbons (Fsp3) is 0.647. The second kappa shape index (κ2) is 7.27. The highest BCUT2D eigenvalue weighted by Crippen LogP contribution is 2.27. The van der Waals surface area contributed by atoms with Gasteiger partial charge in [0.1, 0.15) is 5.82 Å². The topological polar surface area (TPSA) is 65.9 Å². The van der Waals surface area contributed by atoms with Crippen molar-refractivity contribution in [2.24, 2.45) is 5.92 Å². The Kier molecular flexibility index (Phi) is 5.13. The molecule has 0 radical (unpaired) electrons. The first-order valence-corrected chi connectivity index (χ1v) is 8.42. The van der Waals surface area contributed by atoms with Crippen molar-refractivity contribution in [2.45, 2.75) is 25.8 Å². The Balaban J connectivity index is 1.57. The summed E-state index contributed by atoms with van der Waals surface area (Å²) in [4.78, 5) is 20.0. The maximum Gasteiger partial charge on any atom is 0.354 e. The standard InChI is InChI=1S/C17H25N3O3/c1-13(19-9-11-23-12-10-19)14-5-7-20(8-6-14)16-4-2-3-15(18-16)17(21)22/h2-4,13-14H,5-12H2,1H3,(H,21,22). The zero-order valence-electron chi connectivity index (χ0n) is 13.6. The molecule has 2 saturated heterocycles. The summed E-state index contributed by atoms with van der Waals surface area (Å²) in [5.74, 6) is 0.497. The van der Waals surface area contributed by atoms with Crippen LogP contribution in [-0.2, 0) is 4.74 Å². The van der Waals surface area contributed by atoms with Crippen LogP contribution in [-0.4, -0.2) is 66.4 Å². The van der Waals surface area contributed by atoms with Gasteiger partial charge < -0.3 is 14.7 Å². The molecular weight excluding hydrogens is 294 g/mol. The number of anilines is 1. The molecule has 2 fully saturated rings. The largest absolute Gasteiger partial charge is 0.477 e. The SMILES string of the molecule is CC(C1CCN(c2cccc(C(=O)O)n2)CC1)N1CCOCC1. The van der Waals surface area contributed by atoms with E-state index in [0.717, 1.165) is 58.1 Å². The van der Waals surface area contributed by atoms with E-state index in [-0.39, 0.29) is 5.69 Å². The second-order valence-electron chi connectivity index (χ2n) is 6.40. The van der Waals surface area contributed by atoms with E-state index in [1.165, 1.54) is 0 Å². The van der Waals surface area contributed by atoms with Gasteiger partial charge in [-0.05, 0) is 37.8 Å². The number of aromatic carboxylic acids is 1. The molecule has 1 aromatic rings. The van der Waals surface area contributed by atoms with Gasteiger partial charge in [0.2, 0.25) is 0 Å². The molecule has 1 atom stereocenters. The molecule has 0 aliphatic carbocycles. The van der Waals surface area contributed by atoms with Crippen LogP contribution < -0.4 is 4.90 Å². The normalized spacial score (nSPS) is 22.0. The minimum absolute atomic E-state index is 0.117. The number of morpholine rings is 1. The van der Waals surface area contributed by atoms with Crippen LogP contribution in [0.1, 0.15) is 30.3 Å². The third-order valence-corrected chi connectivity index (χ3v) is 5.12. The summed E-state index contributed by atoms with van der Waals surface area (Å²) in [7, 11) is 0. The molecule has 0 bridgehead atoms. The van der Waals surface area contributed by atoms with Gasteiger partial charge in [0, 0.05) is 32.2 Å². The summed E-state index contributed by atoms with van der Waals surface area (Å²) in [5.41, 5.74) is 0.117. The maximum absolute atomic E-state index is 11.1. The number of pyridine rings is 1. The van der Waals surface area contributed by atoms with E-state index in [0.29, 0.717) is 12.0 Å². The van der Waals surface area contributed by atoms with Crippen LogP contribution in [0.25, 0.3) is 0 Å². The highest BCUT2D eigenvalue weighted by molar-refractivity contribution is 5.85. The van der Waals surface area contributed by atoms with Gasteiger partial charge in [0.05, 0.1) is 13.2 Å². The van der Waals surface area contributed by atoms with Crippen molar-refractivity contribution in [3.63, 3.8) is 0 Å². The number of ether oxygens (including phenoxy) is 1. The number of nitrogens with zero attached hydrogens (tertiary/aromatic N) is 3. The van der Waals surface area contributed by atoms with Gasteiger partial charge in [-0.25, -0.2) is 9.78 Å². The molecule has 0 aromatic carbocycles. The summed E-state index contributed by atoms with van der Waals surface area (Å²) in [5, 5.41) is 9.07. The van der Waals surface area contributed by atoms with Gasteiger partial charge in [-0.3, -0.25) is 4.90 Å². The summed E-state index contributed by atoms with van der Waals surface area (Å²) in [6.07, 6.45) is 2.25. The predicted molar refractivity (Wildman–Crippen MR) is 88.0 cm³/mol. The van der Waals surface area contributed by atoms with Crippen molar-refractivity contribution >= 4 is 11.8 Å². The Hall–Kier alpha value is -1.66. The quantitative estimate of drug-likeness (QED) is 0.911. The van der Waals surface area contributed by atoms with Crippen molar-refractivity contribution in [1.82, 2.24) is 9.88 Å². The number of carbonyl (C=O) groups is 1. The maximum atomic E-state index is 11.1. The monoisotopic (exact) mass is 319 g/mol. The Morgan fingerprint density at radius 3 is 2.61 bits per heavy atom. The second-order valence-corrected chi connectivity index (χ2v) is 6.40. The van der Waals surface area contributed by atoms with Crippen LogP contribution in [0.3, 0.4) is 0 Å². The van der Waals surface area contributed by atoms with Crippen molar-refractivity contribution in [3.8, 4) is 0 Å². The molecule has 1 aromatic heterocycles. The molecule has 23 heavy (non-hydrogen) atoms. The van der Waals surface area contributed by atoms with Gasteiger partial charge >= 0.3 is 5.97 Å². The van der Waals surface area contributed by atoms with Crippen molar-refractivity contribution in [3.05, 3.63) is 23.9 Å². The van der Waals surface area contributed by atoms with Crippen molar-refractivity contribution in [2.75, 3.05) is 44.3 Å². The number of carboxylic acid groups (broad SMARTS) is 1. The van der Waals surface area contributed by atoms with Crippen molar-refractivity contribution in [1.29, 1.82) is 0 Å². The van der Waals surface area contributed by atoms with E-state index < -0.39 is 5.97 Å². The summed E-state index contributed by atoms with van der Waals surface area (Å²) in [6, 6.07) is 5.80. The van der Waals surface area contributed by atoms with Crippen LogP contribution in [0.4, 0.5) is 5.82 Å². The van der Waals surface area contributed by atoms with Crippen LogP contribution >= 0.6 is 0 Å². The number of carboxylic acids is 1. The lowest BCUT2D eigenvalue weighted by molar-refractivity contribution is 0.00447. The molecule has 126 valence electrons. The van der Waals surface area contributed by atoms with Crippen LogP contribution in [0.5, 0.6) is 0 Å². The van der Waals surface area contributed by atoms with E-state index in [2.05, 4.69) is 21.7 Å². The Labute approximate surface area is 137 Å². The highest BCUT2D eigenvalue weighted by Gasteiger charge is 2.29. The van der Waals surface area contributed by atoms with Crippen LogP contribution in [0, 0.1) is 5.92 Å². The van der Waals surface area contributed by atoms with Gasteiger partial charge in [-0.2, -0.15) is 0 Å². The predicted octanol–water partition coefficient (Wildman–Crippen LogP) is 1.72. The summed E-state index contributed by atoms with van der Waals surface area (Å²) < 4.78 is 5.44. The zero-order chi connectivity index (χ0) is 16.2. The van der Waals surface area contributed by atoms with E-state index >= 15 is 0 Å². The average molecular weight is 319 g/mol. The van der Waals surface area contributed by atoms with Gasteiger partial charge in [-0.1, -0.05) is 6.07 Å². The van der Waals surface area contributed by atoms with Crippen LogP contribution in [0.15, 0.2) is 18.2 Å². The Morgan fingerprint density at radius 2 is 1.96 bits per heavy atom. The number of rotatable bonds is 4. The third-order valence-electron chi connectivity index (χ3n) is 5.12. The Bertz CT molecular complexity index is 538. The van der Waals surface area contributed by atoms with Crippen LogP contribution in [0.2, 0.25) is 0 Å². The zero-order valence-corrected chi connectivity index (χ0v) is 13.6. The van der Waals surface area contributed by atoms with Crippen molar-refractivity contribution < 1.29 is 14.6 Å². The first kappa shape index (κ1) is 16.2. The van der Waals surface area contributed by atoms with E-state index in [1.54, 1.807) is 12.1 Å². The summed E-state index contributed by atoms with van der Waals surface area (Å²) >= 11 is 0. The highest BCUT2D eigenvalue weighted by atomic mass is 16.5. The molecule has 1 N–H and O–H groups in total. The number of hydrogen-bond acceptors (Lipinski definition) is 5. The van der Waals surface area contributed by atoms with Gasteiger partial charge in [-0.15, -0.1) is 0 Å². The first-order chi connectivity index (χ1) is 11.1. The molecule has 0 amide bonds. The van der Waals surface area contributed by atoms with Gasteiger partial charge in [0.15, 0.2) is 5.69 Å². The number of hydrogen-bond donors (Lipinski definition) is 1. The molecule has 2 aliphatic heterocycles. The molecule has 6 nitrogen and oxygen atoms in total. The molecule has 3 rings (SSSR count). The third kappa shape index (κ3) is 3.82. The minimum atomic E-state index is -0.970. The molecule has 2 aliphatic rings. The number of aromatic nitrogens is 1. The molecule has 6 heteroatoms. The lowest BCUT2D eigenvalue weighted by Crippen LogP contribution is -2.48. The molecule has 0 spiro atoms. The lowest BCUT2D eigenvalue weighted by atomic mass is 9.89. The average Bonchev–Trinajstić information content (AvgIpc) is 2.62. The smallest absolute Gasteiger partial charge is 0.354 e. The van der Waals surface area contributed by atoms with Gasteiger partial charge in [0.25, 0.3) is 0 Å². The van der Waals surface area contributed by atoms with E-state index in [1.807, 2.05) is 6.07 Å². The molecule has 3 heterocycles.